The molecule has 10 aliphatic rings. The molecule has 10 rings (SSSR count). The first-order chi connectivity index (χ1) is 20.0. The predicted molar refractivity (Wildman–Crippen MR) is 147 cm³/mol. The minimum absolute atomic E-state index is 0.0442. The molecule has 10 nitrogen and oxygen atoms in total. The molecule has 236 valence electrons. The Morgan fingerprint density at radius 1 is 0.667 bits per heavy atom. The zero-order valence-electron chi connectivity index (χ0n) is 26.0. The van der Waals surface area contributed by atoms with Crippen molar-refractivity contribution in [3.8, 4) is 0 Å². The molecule has 8 heterocycles. The van der Waals surface area contributed by atoms with Crippen LogP contribution in [0.4, 0.5) is 0 Å². The van der Waals surface area contributed by atoms with E-state index in [1.54, 1.807) is 0 Å². The van der Waals surface area contributed by atoms with Gasteiger partial charge in [0.2, 0.25) is 11.6 Å². The molecule has 2 saturated carbocycles. The molecule has 4 bridgehead atoms. The molecule has 10 fully saturated rings. The summed E-state index contributed by atoms with van der Waals surface area (Å²) in [5, 5.41) is 14.4. The average Bonchev–Trinajstić information content (AvgIpc) is 3.34. The Bertz CT molecular complexity index is 1120. The summed E-state index contributed by atoms with van der Waals surface area (Å²) >= 11 is 0. The minimum atomic E-state index is -0.850. The molecule has 16 atom stereocenters. The van der Waals surface area contributed by atoms with Crippen LogP contribution in [0.5, 0.6) is 0 Å². The van der Waals surface area contributed by atoms with Crippen LogP contribution in [0.15, 0.2) is 5.16 Å². The Balaban J connectivity index is 1.08. The summed E-state index contributed by atoms with van der Waals surface area (Å²) in [6.07, 6.45) is 6.49. The molecule has 10 heteroatoms. The lowest BCUT2D eigenvalue weighted by Crippen LogP contribution is -2.71. The molecule has 1 N–H and O–H groups in total. The van der Waals surface area contributed by atoms with Gasteiger partial charge in [-0.2, -0.15) is 0 Å². The maximum atomic E-state index is 10.5. The van der Waals surface area contributed by atoms with Crippen LogP contribution in [0, 0.1) is 47.3 Å². The largest absolute Gasteiger partial charge is 0.411 e. The van der Waals surface area contributed by atoms with Crippen LogP contribution in [0.2, 0.25) is 0 Å². The molecular formula is C32H49NO9. The molecule has 0 aromatic carbocycles. The van der Waals surface area contributed by atoms with Crippen molar-refractivity contribution in [3.05, 3.63) is 0 Å². The third kappa shape index (κ3) is 3.76. The number of hydrogen-bond acceptors (Lipinski definition) is 10. The highest BCUT2D eigenvalue weighted by Gasteiger charge is 2.71. The highest BCUT2D eigenvalue weighted by atomic mass is 17.3. The van der Waals surface area contributed by atoms with Crippen LogP contribution in [0.1, 0.15) is 99.3 Å². The lowest BCUT2D eigenvalue weighted by molar-refractivity contribution is -0.571. The second-order valence-electron chi connectivity index (χ2n) is 15.6. The molecule has 8 aliphatic heterocycles. The summed E-state index contributed by atoms with van der Waals surface area (Å²) in [6.45, 7) is 13.0. The third-order valence-corrected chi connectivity index (χ3v) is 13.3. The minimum Gasteiger partial charge on any atom is -0.411 e. The molecule has 2 aliphatic carbocycles. The Morgan fingerprint density at radius 3 is 1.74 bits per heavy atom. The fourth-order valence-corrected chi connectivity index (χ4v) is 10.9. The van der Waals surface area contributed by atoms with Gasteiger partial charge in [0.15, 0.2) is 23.8 Å². The summed E-state index contributed by atoms with van der Waals surface area (Å²) in [5.41, 5.74) is -0.674. The van der Waals surface area contributed by atoms with E-state index in [0.29, 0.717) is 29.9 Å². The summed E-state index contributed by atoms with van der Waals surface area (Å²) < 4.78 is 26.8. The second kappa shape index (κ2) is 9.58. The van der Waals surface area contributed by atoms with Gasteiger partial charge in [-0.15, -0.1) is 0 Å². The highest BCUT2D eigenvalue weighted by molar-refractivity contribution is 5.89. The molecule has 8 saturated heterocycles. The number of rotatable bonds is 3. The van der Waals surface area contributed by atoms with Crippen molar-refractivity contribution in [2.75, 3.05) is 0 Å². The van der Waals surface area contributed by atoms with Gasteiger partial charge in [0.1, 0.15) is 6.10 Å². The quantitative estimate of drug-likeness (QED) is 0.191. The lowest BCUT2D eigenvalue weighted by Gasteiger charge is -2.61. The topological polar surface area (TPSA) is 106 Å². The van der Waals surface area contributed by atoms with Crippen molar-refractivity contribution >= 4 is 5.71 Å². The maximum absolute atomic E-state index is 10.5. The first kappa shape index (κ1) is 28.6. The Labute approximate surface area is 248 Å². The van der Waals surface area contributed by atoms with E-state index in [0.717, 1.165) is 51.4 Å². The van der Waals surface area contributed by atoms with Gasteiger partial charge < -0.3 is 24.2 Å². The fraction of sp³-hybridized carbons (Fsp3) is 0.969. The van der Waals surface area contributed by atoms with Crippen molar-refractivity contribution < 1.29 is 43.7 Å². The summed E-state index contributed by atoms with van der Waals surface area (Å²) in [4.78, 5) is 24.6. The molecule has 0 amide bonds. The standard InChI is InChI=1S/C32H49NO9/c1-16-7-9-22-18(3)25(35-27-31(22)20(16)11-13-29(5,37-27)39-41-31)15-24(33-34)26-19(4)23-10-8-17(2)21-12-14-30(6)38-28(36-26)32(21,23)42-40-30/h16-23,25-28,34H,7-15H2,1-6H3/b33-24+/t16-,17-,18-,19-,20+,21+,22+,23+,25-,26+,27-,28-,29-,30-,31-,32-/m1/s1. The maximum Gasteiger partial charge on any atom is 0.201 e. The lowest BCUT2D eigenvalue weighted by atomic mass is 9.56. The van der Waals surface area contributed by atoms with Crippen LogP contribution in [0.3, 0.4) is 0 Å². The van der Waals surface area contributed by atoms with Gasteiger partial charge in [0, 0.05) is 31.1 Å². The molecule has 42 heavy (non-hydrogen) atoms. The molecule has 2 spiro atoms. The van der Waals surface area contributed by atoms with Crippen molar-refractivity contribution in [3.63, 3.8) is 0 Å². The number of hydrogen-bond donors (Lipinski definition) is 1. The van der Waals surface area contributed by atoms with E-state index in [4.69, 9.17) is 38.5 Å². The van der Waals surface area contributed by atoms with Gasteiger partial charge in [0.05, 0.1) is 11.8 Å². The molecule has 0 aromatic rings. The molecule has 0 radical (unpaired) electrons. The summed E-state index contributed by atoms with van der Waals surface area (Å²) in [6, 6.07) is 0. The van der Waals surface area contributed by atoms with E-state index in [2.05, 4.69) is 32.9 Å². The second-order valence-corrected chi connectivity index (χ2v) is 15.6. The summed E-state index contributed by atoms with van der Waals surface area (Å²) in [7, 11) is 0. The Kier molecular flexibility index (Phi) is 6.53. The smallest absolute Gasteiger partial charge is 0.201 e. The Hall–Kier alpha value is -0.850. The third-order valence-electron chi connectivity index (χ3n) is 13.3. The van der Waals surface area contributed by atoms with E-state index in [1.165, 1.54) is 0 Å². The summed E-state index contributed by atoms with van der Waals surface area (Å²) in [5.74, 6) is 0.478. The first-order valence-electron chi connectivity index (χ1n) is 16.6. The molecule has 0 aromatic heterocycles. The number of ether oxygens (including phenoxy) is 4. The van der Waals surface area contributed by atoms with E-state index in [-0.39, 0.29) is 35.7 Å². The van der Waals surface area contributed by atoms with Gasteiger partial charge in [0.25, 0.3) is 0 Å². The first-order valence-corrected chi connectivity index (χ1v) is 16.6. The average molecular weight is 592 g/mol. The fourth-order valence-electron chi connectivity index (χ4n) is 10.9. The monoisotopic (exact) mass is 591 g/mol. The number of oxime groups is 1. The van der Waals surface area contributed by atoms with Crippen LogP contribution in [-0.2, 0) is 38.5 Å². The van der Waals surface area contributed by atoms with Crippen molar-refractivity contribution in [2.24, 2.45) is 52.5 Å². The van der Waals surface area contributed by atoms with Gasteiger partial charge in [-0.3, -0.25) is 0 Å². The van der Waals surface area contributed by atoms with Gasteiger partial charge in [-0.1, -0.05) is 32.9 Å². The van der Waals surface area contributed by atoms with Crippen LogP contribution in [0.25, 0.3) is 0 Å². The van der Waals surface area contributed by atoms with Gasteiger partial charge in [-0.25, -0.2) is 19.6 Å². The van der Waals surface area contributed by atoms with E-state index >= 15 is 0 Å². The predicted octanol–water partition coefficient (Wildman–Crippen LogP) is 5.71. The number of fused-ring (bicyclic) bond motifs is 4. The highest BCUT2D eigenvalue weighted by Crippen LogP contribution is 2.63. The van der Waals surface area contributed by atoms with Crippen molar-refractivity contribution in [2.45, 2.75) is 147 Å². The Morgan fingerprint density at radius 2 is 1.19 bits per heavy atom. The van der Waals surface area contributed by atoms with E-state index in [1.807, 2.05) is 13.8 Å². The van der Waals surface area contributed by atoms with E-state index in [9.17, 15) is 5.21 Å². The molecule has 0 unspecified atom stereocenters. The van der Waals surface area contributed by atoms with Gasteiger partial charge >= 0.3 is 0 Å². The number of nitrogens with zero attached hydrogens (tertiary/aromatic N) is 1. The molecular weight excluding hydrogens is 542 g/mol. The van der Waals surface area contributed by atoms with Crippen molar-refractivity contribution in [1.29, 1.82) is 0 Å². The van der Waals surface area contributed by atoms with Gasteiger partial charge in [-0.05, 0) is 87.9 Å². The normalized spacial score (nSPS) is 60.3. The SMILES string of the molecule is C[C@H]1[C@@H](/C(C[C@H]2O[C@@H]3O[C@@]4(C)CC[C@H]5[C@H](C)CC[C@@H]([C@H]2C)[C@@]35OO4)=N/O)O[C@@H]2O[C@@]3(C)CC[C@H]4[C@H](C)CC[C@@H]1[C@@]24OO3. The zero-order valence-corrected chi connectivity index (χ0v) is 26.0. The van der Waals surface area contributed by atoms with Crippen molar-refractivity contribution in [1.82, 2.24) is 0 Å². The van der Waals surface area contributed by atoms with Crippen LogP contribution in [-0.4, -0.2) is 58.5 Å². The van der Waals surface area contributed by atoms with E-state index < -0.39 is 41.5 Å². The van der Waals surface area contributed by atoms with Crippen LogP contribution >= 0.6 is 0 Å². The van der Waals surface area contributed by atoms with Crippen LogP contribution < -0.4 is 0 Å². The zero-order chi connectivity index (χ0) is 29.2.